The molecule has 0 aliphatic carbocycles. The van der Waals surface area contributed by atoms with Gasteiger partial charge in [-0.25, -0.2) is 9.07 Å². The lowest BCUT2D eigenvalue weighted by Gasteiger charge is -2.15. The Bertz CT molecular complexity index is 182. The van der Waals surface area contributed by atoms with Gasteiger partial charge in [0.2, 0.25) is 0 Å². The summed E-state index contributed by atoms with van der Waals surface area (Å²) < 4.78 is 28.7. The van der Waals surface area contributed by atoms with Crippen LogP contribution in [0.1, 0.15) is 6.92 Å². The van der Waals surface area contributed by atoms with Gasteiger partial charge in [-0.2, -0.15) is 8.42 Å². The quantitative estimate of drug-likeness (QED) is 0.444. The molecule has 1 atom stereocenters. The third kappa shape index (κ3) is 1.90. The Kier molecular flexibility index (Phi) is 1.71. The first-order valence-corrected chi connectivity index (χ1v) is 3.68. The Morgan fingerprint density at radius 3 is 2.56 bits per heavy atom. The minimum Gasteiger partial charge on any atom is -0.241 e. The largest absolute Gasteiger partial charge is 0.426 e. The molecule has 5 nitrogen and oxygen atoms in total. The van der Waals surface area contributed by atoms with Crippen molar-refractivity contribution in [3.05, 3.63) is 0 Å². The van der Waals surface area contributed by atoms with Crippen LogP contribution in [-0.2, 0) is 23.8 Å². The van der Waals surface area contributed by atoms with Gasteiger partial charge in [0.05, 0.1) is 0 Å². The lowest BCUT2D eigenvalue weighted by molar-refractivity contribution is -0.246. The second-order valence-corrected chi connectivity index (χ2v) is 2.81. The molecule has 0 aromatic heterocycles. The van der Waals surface area contributed by atoms with Crippen LogP contribution in [-0.4, -0.2) is 21.1 Å². The van der Waals surface area contributed by atoms with Crippen LogP contribution >= 0.6 is 0 Å². The topological polar surface area (TPSA) is 61.8 Å². The fourth-order valence-corrected chi connectivity index (χ4v) is 1.09. The summed E-state index contributed by atoms with van der Waals surface area (Å²) in [5.41, 5.74) is 0. The van der Waals surface area contributed by atoms with Crippen LogP contribution in [0.5, 0.6) is 0 Å². The van der Waals surface area contributed by atoms with E-state index in [-0.39, 0.29) is 6.61 Å². The van der Waals surface area contributed by atoms with Crippen molar-refractivity contribution in [3.8, 4) is 0 Å². The summed E-state index contributed by atoms with van der Waals surface area (Å²) in [5, 5.41) is 0. The first kappa shape index (κ1) is 6.94. The van der Waals surface area contributed by atoms with Crippen molar-refractivity contribution in [3.63, 3.8) is 0 Å². The van der Waals surface area contributed by atoms with Gasteiger partial charge in [0, 0.05) is 0 Å². The zero-order chi connectivity index (χ0) is 6.91. The van der Waals surface area contributed by atoms with Crippen molar-refractivity contribution in [2.24, 2.45) is 0 Å². The molecule has 0 radical (unpaired) electrons. The van der Waals surface area contributed by atoms with Gasteiger partial charge in [0.1, 0.15) is 12.7 Å². The predicted molar refractivity (Wildman–Crippen MR) is 26.5 cm³/mol. The second kappa shape index (κ2) is 2.22. The molecule has 1 fully saturated rings. The molecule has 9 heavy (non-hydrogen) atoms. The Morgan fingerprint density at radius 2 is 2.22 bits per heavy atom. The fraction of sp³-hybridized carbons (Fsp3) is 1.00. The maximum atomic E-state index is 10.3. The molecule has 1 heterocycles. The van der Waals surface area contributed by atoms with E-state index in [4.69, 9.17) is 0 Å². The number of hydrogen-bond donors (Lipinski definition) is 0. The monoisotopic (exact) mass is 154 g/mol. The van der Waals surface area contributed by atoms with Crippen LogP contribution in [0.15, 0.2) is 0 Å². The van der Waals surface area contributed by atoms with Gasteiger partial charge in [-0.15, -0.1) is 0 Å². The molecular formula is C3H6O5S. The van der Waals surface area contributed by atoms with Crippen LogP contribution in [0.25, 0.3) is 0 Å². The van der Waals surface area contributed by atoms with E-state index in [2.05, 4.69) is 13.4 Å². The van der Waals surface area contributed by atoms with Crippen LogP contribution in [0.3, 0.4) is 0 Å². The molecule has 0 bridgehead atoms. The van der Waals surface area contributed by atoms with Crippen LogP contribution in [0.2, 0.25) is 0 Å². The zero-order valence-electron chi connectivity index (χ0n) is 4.73. The summed E-state index contributed by atoms with van der Waals surface area (Å²) in [4.78, 5) is 4.18. The molecule has 1 aliphatic rings. The van der Waals surface area contributed by atoms with Crippen LogP contribution in [0, 0.1) is 0 Å². The van der Waals surface area contributed by atoms with E-state index in [1.165, 1.54) is 0 Å². The molecule has 1 saturated heterocycles. The molecule has 1 rings (SSSR count). The first-order valence-electron chi connectivity index (χ1n) is 2.34. The lowest BCUT2D eigenvalue weighted by Crippen LogP contribution is -2.28. The van der Waals surface area contributed by atoms with Gasteiger partial charge in [-0.1, -0.05) is 4.33 Å². The standard InChI is InChI=1S/C3H6O5S/c1-3-2-6-8-9(4,5)7-3/h3H,2H2,1H3. The van der Waals surface area contributed by atoms with Crippen LogP contribution < -0.4 is 0 Å². The molecule has 6 heteroatoms. The summed E-state index contributed by atoms with van der Waals surface area (Å²) >= 11 is 0. The third-order valence-electron chi connectivity index (χ3n) is 0.716. The van der Waals surface area contributed by atoms with Gasteiger partial charge < -0.3 is 0 Å². The molecule has 1 aliphatic heterocycles. The van der Waals surface area contributed by atoms with Gasteiger partial charge in [0.15, 0.2) is 0 Å². The maximum Gasteiger partial charge on any atom is 0.426 e. The van der Waals surface area contributed by atoms with E-state index < -0.39 is 16.5 Å². The van der Waals surface area contributed by atoms with E-state index in [9.17, 15) is 8.42 Å². The van der Waals surface area contributed by atoms with E-state index in [1.54, 1.807) is 6.92 Å². The average Bonchev–Trinajstić information content (AvgIpc) is 1.60. The summed E-state index contributed by atoms with van der Waals surface area (Å²) in [6, 6.07) is 0. The second-order valence-electron chi connectivity index (χ2n) is 1.67. The van der Waals surface area contributed by atoms with E-state index >= 15 is 0 Å². The predicted octanol–water partition coefficient (Wildman–Crippen LogP) is -0.402. The molecule has 0 saturated carbocycles. The SMILES string of the molecule is CC1COOS(=O)(=O)O1. The Morgan fingerprint density at radius 1 is 1.56 bits per heavy atom. The van der Waals surface area contributed by atoms with Gasteiger partial charge >= 0.3 is 10.4 Å². The third-order valence-corrected chi connectivity index (χ3v) is 1.54. The minimum absolute atomic E-state index is 0.138. The van der Waals surface area contributed by atoms with Crippen molar-refractivity contribution < 1.29 is 21.8 Å². The molecule has 0 spiro atoms. The minimum atomic E-state index is -3.85. The van der Waals surface area contributed by atoms with Crippen molar-refractivity contribution >= 4 is 10.4 Å². The van der Waals surface area contributed by atoms with Gasteiger partial charge in [-0.05, 0) is 6.92 Å². The molecule has 0 aromatic carbocycles. The summed E-state index contributed by atoms with van der Waals surface area (Å²) in [7, 11) is -3.85. The average molecular weight is 154 g/mol. The number of hydrogen-bond acceptors (Lipinski definition) is 5. The van der Waals surface area contributed by atoms with Gasteiger partial charge in [-0.3, -0.25) is 0 Å². The van der Waals surface area contributed by atoms with Crippen LogP contribution in [0.4, 0.5) is 0 Å². The van der Waals surface area contributed by atoms with Gasteiger partial charge in [0.25, 0.3) is 0 Å². The highest BCUT2D eigenvalue weighted by atomic mass is 32.3. The molecule has 0 amide bonds. The normalized spacial score (nSPS) is 34.1. The van der Waals surface area contributed by atoms with Crippen molar-refractivity contribution in [1.29, 1.82) is 0 Å². The number of rotatable bonds is 0. The van der Waals surface area contributed by atoms with Crippen molar-refractivity contribution in [2.45, 2.75) is 13.0 Å². The maximum absolute atomic E-state index is 10.3. The molecule has 1 unspecified atom stereocenters. The Balaban J connectivity index is 2.62. The smallest absolute Gasteiger partial charge is 0.241 e. The summed E-state index contributed by atoms with van der Waals surface area (Å²) in [5.74, 6) is 0. The highest BCUT2D eigenvalue weighted by Crippen LogP contribution is 2.08. The molecular weight excluding hydrogens is 148 g/mol. The molecule has 0 N–H and O–H groups in total. The molecule has 0 aromatic rings. The zero-order valence-corrected chi connectivity index (χ0v) is 5.55. The van der Waals surface area contributed by atoms with Crippen molar-refractivity contribution in [1.82, 2.24) is 0 Å². The van der Waals surface area contributed by atoms with Crippen molar-refractivity contribution in [2.75, 3.05) is 6.61 Å². The Hall–Kier alpha value is -0.170. The first-order chi connectivity index (χ1) is 4.10. The van der Waals surface area contributed by atoms with E-state index in [0.29, 0.717) is 0 Å². The highest BCUT2D eigenvalue weighted by Gasteiger charge is 2.24. The highest BCUT2D eigenvalue weighted by molar-refractivity contribution is 7.81. The van der Waals surface area contributed by atoms with E-state index in [0.717, 1.165) is 0 Å². The fourth-order valence-electron chi connectivity index (χ4n) is 0.428. The summed E-state index contributed by atoms with van der Waals surface area (Å²) in [6.45, 7) is 1.71. The summed E-state index contributed by atoms with van der Waals surface area (Å²) in [6.07, 6.45) is -0.455. The Labute approximate surface area is 52.8 Å². The lowest BCUT2D eigenvalue weighted by atomic mass is 10.5. The molecule has 54 valence electrons. The van der Waals surface area contributed by atoms with E-state index in [1.807, 2.05) is 0 Å².